The van der Waals surface area contributed by atoms with Gasteiger partial charge in [0.1, 0.15) is 0 Å². The second kappa shape index (κ2) is 29.0. The molecule has 0 amide bonds. The molecule has 10 heteroatoms. The molecule has 39 heavy (non-hydrogen) atoms. The molecule has 0 spiro atoms. The Kier molecular flexibility index (Phi) is 29.1. The Labute approximate surface area is 234 Å². The maximum atomic E-state index is 10.4. The Balaban J connectivity index is 0. The van der Waals surface area contributed by atoms with E-state index < -0.39 is 23.3 Å². The van der Waals surface area contributed by atoms with Crippen LogP contribution in [0, 0.1) is 5.41 Å². The summed E-state index contributed by atoms with van der Waals surface area (Å²) in [6.07, 6.45) is 20.5. The lowest BCUT2D eigenvalue weighted by atomic mass is 9.93. The van der Waals surface area contributed by atoms with Gasteiger partial charge in [-0.1, -0.05) is 57.1 Å². The van der Waals surface area contributed by atoms with E-state index in [9.17, 15) is 29.7 Å². The van der Waals surface area contributed by atoms with E-state index in [2.05, 4.69) is 12.2 Å². The smallest absolute Gasteiger partial charge is 0.303 e. The lowest BCUT2D eigenvalue weighted by Gasteiger charge is -2.26. The number of aliphatic hydroxyl groups excluding tert-OH is 3. The van der Waals surface area contributed by atoms with Gasteiger partial charge in [0.05, 0.1) is 31.8 Å². The van der Waals surface area contributed by atoms with Gasteiger partial charge in [0, 0.05) is 25.9 Å². The number of ether oxygens (including phenoxy) is 1. The molecule has 0 aromatic heterocycles. The minimum absolute atomic E-state index is 0.0628. The SMILES string of the molecule is O=C(O)CCCCC(=O)O.O=C(O)CCCCCCC/C=C\CCCCCCCCOCC(CO)(CO)CO. The molecule has 6 N–H and O–H groups in total. The fraction of sp³-hybridized carbons (Fsp3) is 0.828. The van der Waals surface area contributed by atoms with Gasteiger partial charge in [-0.15, -0.1) is 0 Å². The molecule has 0 rings (SSSR count). The molecular weight excluding hydrogens is 508 g/mol. The summed E-state index contributed by atoms with van der Waals surface area (Å²) in [5.41, 5.74) is -0.921. The number of carboxylic acid groups (broad SMARTS) is 3. The predicted octanol–water partition coefficient (Wildman–Crippen LogP) is 4.78. The highest BCUT2D eigenvalue weighted by molar-refractivity contribution is 5.68. The fourth-order valence-corrected chi connectivity index (χ4v) is 3.61. The molecule has 0 saturated heterocycles. The average molecular weight is 563 g/mol. The summed E-state index contributed by atoms with van der Waals surface area (Å²) in [5.74, 6) is -2.43. The van der Waals surface area contributed by atoms with E-state index in [1.165, 1.54) is 38.5 Å². The van der Waals surface area contributed by atoms with Crippen LogP contribution in [0.15, 0.2) is 12.2 Å². The number of carboxylic acids is 3. The molecule has 0 atom stereocenters. The molecule has 0 unspecified atom stereocenters. The number of unbranched alkanes of at least 4 members (excludes halogenated alkanes) is 12. The van der Waals surface area contributed by atoms with Crippen LogP contribution in [0.1, 0.15) is 116 Å². The zero-order chi connectivity index (χ0) is 29.6. The number of hydrogen-bond donors (Lipinski definition) is 6. The third-order valence-electron chi connectivity index (χ3n) is 6.28. The van der Waals surface area contributed by atoms with Crippen molar-refractivity contribution in [1.29, 1.82) is 0 Å². The van der Waals surface area contributed by atoms with Crippen molar-refractivity contribution in [3.05, 3.63) is 12.2 Å². The van der Waals surface area contributed by atoms with Crippen molar-refractivity contribution in [3.8, 4) is 0 Å². The average Bonchev–Trinajstić information content (AvgIpc) is 2.90. The Morgan fingerprint density at radius 2 is 0.846 bits per heavy atom. The van der Waals surface area contributed by atoms with Crippen molar-refractivity contribution in [2.45, 2.75) is 116 Å². The van der Waals surface area contributed by atoms with Crippen molar-refractivity contribution in [2.24, 2.45) is 5.41 Å². The van der Waals surface area contributed by atoms with Gasteiger partial charge in [0.15, 0.2) is 0 Å². The Hall–Kier alpha value is -2.01. The topological polar surface area (TPSA) is 182 Å². The van der Waals surface area contributed by atoms with Crippen LogP contribution in [-0.2, 0) is 19.1 Å². The third-order valence-corrected chi connectivity index (χ3v) is 6.28. The van der Waals surface area contributed by atoms with Crippen molar-refractivity contribution in [2.75, 3.05) is 33.0 Å². The van der Waals surface area contributed by atoms with E-state index in [1.807, 2.05) is 0 Å². The van der Waals surface area contributed by atoms with Gasteiger partial charge in [-0.25, -0.2) is 0 Å². The molecule has 0 aromatic rings. The predicted molar refractivity (Wildman–Crippen MR) is 150 cm³/mol. The van der Waals surface area contributed by atoms with Crippen LogP contribution in [0.5, 0.6) is 0 Å². The molecule has 0 bridgehead atoms. The number of rotatable bonds is 27. The Morgan fingerprint density at radius 1 is 0.513 bits per heavy atom. The lowest BCUT2D eigenvalue weighted by molar-refractivity contribution is -0.139. The highest BCUT2D eigenvalue weighted by Gasteiger charge is 2.28. The number of aliphatic carboxylic acids is 3. The normalized spacial score (nSPS) is 11.4. The van der Waals surface area contributed by atoms with Gasteiger partial charge in [0.2, 0.25) is 0 Å². The first-order chi connectivity index (χ1) is 18.7. The molecule has 0 radical (unpaired) electrons. The van der Waals surface area contributed by atoms with Gasteiger partial charge in [-0.2, -0.15) is 0 Å². The molecule has 0 aliphatic heterocycles. The Bertz CT molecular complexity index is 593. The minimum Gasteiger partial charge on any atom is -0.481 e. The van der Waals surface area contributed by atoms with E-state index >= 15 is 0 Å². The number of aliphatic hydroxyl groups is 3. The second-order valence-electron chi connectivity index (χ2n) is 10.1. The van der Waals surface area contributed by atoms with Gasteiger partial charge in [0.25, 0.3) is 0 Å². The van der Waals surface area contributed by atoms with Crippen LogP contribution < -0.4 is 0 Å². The van der Waals surface area contributed by atoms with Crippen molar-refractivity contribution >= 4 is 17.9 Å². The highest BCUT2D eigenvalue weighted by atomic mass is 16.5. The largest absolute Gasteiger partial charge is 0.481 e. The van der Waals surface area contributed by atoms with E-state index in [4.69, 9.17) is 20.1 Å². The van der Waals surface area contributed by atoms with Crippen LogP contribution in [0.25, 0.3) is 0 Å². The highest BCUT2D eigenvalue weighted by Crippen LogP contribution is 2.16. The maximum absolute atomic E-state index is 10.4. The van der Waals surface area contributed by atoms with Crippen molar-refractivity contribution < 1.29 is 49.8 Å². The van der Waals surface area contributed by atoms with Crippen LogP contribution in [0.3, 0.4) is 0 Å². The molecule has 230 valence electrons. The van der Waals surface area contributed by atoms with E-state index in [0.717, 1.165) is 44.9 Å². The summed E-state index contributed by atoms with van der Waals surface area (Å²) in [6, 6.07) is 0. The lowest BCUT2D eigenvalue weighted by Crippen LogP contribution is -2.38. The van der Waals surface area contributed by atoms with Crippen LogP contribution in [-0.4, -0.2) is 81.6 Å². The summed E-state index contributed by atoms with van der Waals surface area (Å²) in [4.78, 5) is 30.2. The quantitative estimate of drug-likeness (QED) is 0.0601. The van der Waals surface area contributed by atoms with Gasteiger partial charge >= 0.3 is 17.9 Å². The molecule has 0 aliphatic rings. The van der Waals surface area contributed by atoms with Gasteiger partial charge < -0.3 is 35.4 Å². The van der Waals surface area contributed by atoms with Gasteiger partial charge in [-0.05, 0) is 51.4 Å². The number of allylic oxidation sites excluding steroid dienone is 2. The van der Waals surface area contributed by atoms with Crippen LogP contribution in [0.4, 0.5) is 0 Å². The Morgan fingerprint density at radius 3 is 1.23 bits per heavy atom. The number of hydrogen-bond acceptors (Lipinski definition) is 7. The number of carbonyl (C=O) groups is 3. The summed E-state index contributed by atoms with van der Waals surface area (Å²) >= 11 is 0. The van der Waals surface area contributed by atoms with E-state index in [0.29, 0.717) is 25.9 Å². The molecule has 0 fully saturated rings. The van der Waals surface area contributed by atoms with Gasteiger partial charge in [-0.3, -0.25) is 14.4 Å². The first-order valence-electron chi connectivity index (χ1n) is 14.4. The third kappa shape index (κ3) is 30.4. The summed E-state index contributed by atoms with van der Waals surface area (Å²) in [5, 5.41) is 52.5. The standard InChI is InChI=1S/C23H44O6.C6H10O4/c24-18-23(19-25,20-26)21-29-17-15-13-11-9-7-5-3-1-2-4-6-8-10-12-14-16-22(27)28;7-5(8)3-1-2-4-6(9)10/h1-2,24-26H,3-21H2,(H,27,28);1-4H2,(H,7,8)(H,9,10)/b2-1-;. The molecule has 0 aromatic carbocycles. The zero-order valence-corrected chi connectivity index (χ0v) is 23.7. The summed E-state index contributed by atoms with van der Waals surface area (Å²) in [6.45, 7) is -0.0350. The molecule has 0 saturated carbocycles. The van der Waals surface area contributed by atoms with Crippen molar-refractivity contribution in [1.82, 2.24) is 0 Å². The monoisotopic (exact) mass is 562 g/mol. The molecule has 0 aliphatic carbocycles. The zero-order valence-electron chi connectivity index (χ0n) is 23.7. The van der Waals surface area contributed by atoms with E-state index in [-0.39, 0.29) is 39.3 Å². The first kappa shape index (κ1) is 39.1. The van der Waals surface area contributed by atoms with Crippen LogP contribution >= 0.6 is 0 Å². The summed E-state index contributed by atoms with van der Waals surface area (Å²) < 4.78 is 5.49. The molecule has 10 nitrogen and oxygen atoms in total. The first-order valence-corrected chi connectivity index (χ1v) is 14.4. The van der Waals surface area contributed by atoms with E-state index in [1.54, 1.807) is 0 Å². The molecular formula is C29H54O10. The van der Waals surface area contributed by atoms with Crippen LogP contribution in [0.2, 0.25) is 0 Å². The maximum Gasteiger partial charge on any atom is 0.303 e. The van der Waals surface area contributed by atoms with Crippen molar-refractivity contribution in [3.63, 3.8) is 0 Å². The second-order valence-corrected chi connectivity index (χ2v) is 10.1. The summed E-state index contributed by atoms with van der Waals surface area (Å²) in [7, 11) is 0. The fourth-order valence-electron chi connectivity index (χ4n) is 3.61. The molecule has 0 heterocycles. The minimum atomic E-state index is -0.921.